The number of fused-ring (bicyclic) bond motifs is 1. The van der Waals surface area contributed by atoms with E-state index < -0.39 is 5.53 Å². The minimum absolute atomic E-state index is 0.185. The lowest BCUT2D eigenvalue weighted by Gasteiger charge is -2.41. The van der Waals surface area contributed by atoms with Crippen LogP contribution < -0.4 is 0 Å². The molecule has 23 heavy (non-hydrogen) atoms. The Morgan fingerprint density at radius 1 is 1.43 bits per heavy atom. The standard InChI is InChI=1S/C17H29N2O2PS/c1-11-8-14(23)10-13(19(11)18(3)4)9-12-6-5-7-15-16(12)21-17(2,22)20-15/h10,12,14-16,23H,1,5-9,22H2,2-4H3. The second-order valence-corrected chi connectivity index (χ2v) is 9.02. The van der Waals surface area contributed by atoms with E-state index in [0.29, 0.717) is 5.92 Å². The van der Waals surface area contributed by atoms with Crippen LogP contribution in [-0.4, -0.2) is 47.1 Å². The van der Waals surface area contributed by atoms with Crippen molar-refractivity contribution >= 4 is 21.9 Å². The Morgan fingerprint density at radius 2 is 2.17 bits per heavy atom. The average Bonchev–Trinajstić information content (AvgIpc) is 2.72. The summed E-state index contributed by atoms with van der Waals surface area (Å²) >= 11 is 4.67. The van der Waals surface area contributed by atoms with E-state index in [9.17, 15) is 0 Å². The zero-order valence-electron chi connectivity index (χ0n) is 14.4. The van der Waals surface area contributed by atoms with Gasteiger partial charge in [0.1, 0.15) is 0 Å². The molecule has 2 fully saturated rings. The molecule has 6 atom stereocenters. The SMILES string of the molecule is C=C1CC(S)C=C(CC2CCCC3OC(C)(P)OC23)N1N(C)C. The minimum Gasteiger partial charge on any atom is -0.341 e. The molecule has 1 saturated heterocycles. The van der Waals surface area contributed by atoms with Gasteiger partial charge in [0.25, 0.3) is 0 Å². The lowest BCUT2D eigenvalue weighted by molar-refractivity contribution is -0.0888. The Balaban J connectivity index is 1.78. The predicted molar refractivity (Wildman–Crippen MR) is 100.0 cm³/mol. The highest BCUT2D eigenvalue weighted by Crippen LogP contribution is 2.45. The van der Waals surface area contributed by atoms with Crippen LogP contribution in [0.2, 0.25) is 0 Å². The van der Waals surface area contributed by atoms with E-state index >= 15 is 0 Å². The van der Waals surface area contributed by atoms with Gasteiger partial charge in [0.2, 0.25) is 0 Å². The molecule has 0 aromatic carbocycles. The van der Waals surface area contributed by atoms with Crippen molar-refractivity contribution in [2.75, 3.05) is 14.1 Å². The maximum Gasteiger partial charge on any atom is 0.179 e. The summed E-state index contributed by atoms with van der Waals surface area (Å²) in [6, 6.07) is 0. The highest BCUT2D eigenvalue weighted by Gasteiger charge is 2.47. The summed E-state index contributed by atoms with van der Waals surface area (Å²) < 4.78 is 12.2. The quantitative estimate of drug-likeness (QED) is 0.619. The van der Waals surface area contributed by atoms with Crippen LogP contribution in [0.5, 0.6) is 0 Å². The van der Waals surface area contributed by atoms with Gasteiger partial charge in [-0.05, 0) is 32.1 Å². The first-order valence-electron chi connectivity index (χ1n) is 8.45. The Hall–Kier alpha value is -0.0600. The molecule has 3 rings (SSSR count). The molecule has 0 radical (unpaired) electrons. The Labute approximate surface area is 147 Å². The molecule has 0 amide bonds. The van der Waals surface area contributed by atoms with Crippen LogP contribution in [-0.2, 0) is 9.47 Å². The molecule has 6 heteroatoms. The van der Waals surface area contributed by atoms with Gasteiger partial charge in [0.15, 0.2) is 5.53 Å². The molecule has 4 nitrogen and oxygen atoms in total. The van der Waals surface area contributed by atoms with E-state index in [1.54, 1.807) is 0 Å². The molecule has 0 aromatic rings. The first kappa shape index (κ1) is 17.8. The number of nitrogens with zero attached hydrogens (tertiary/aromatic N) is 2. The molecule has 0 N–H and O–H groups in total. The maximum absolute atomic E-state index is 6.20. The number of hydrazine groups is 1. The van der Waals surface area contributed by atoms with Crippen LogP contribution in [0.4, 0.5) is 0 Å². The van der Waals surface area contributed by atoms with Gasteiger partial charge in [-0.2, -0.15) is 12.6 Å². The summed E-state index contributed by atoms with van der Waals surface area (Å²) in [4.78, 5) is 0. The molecule has 2 aliphatic heterocycles. The van der Waals surface area contributed by atoms with E-state index in [4.69, 9.17) is 9.47 Å². The lowest BCUT2D eigenvalue weighted by atomic mass is 9.81. The van der Waals surface area contributed by atoms with Crippen molar-refractivity contribution in [3.63, 3.8) is 0 Å². The highest BCUT2D eigenvalue weighted by molar-refractivity contribution is 7.81. The second-order valence-electron chi connectivity index (χ2n) is 7.30. The van der Waals surface area contributed by atoms with Crippen molar-refractivity contribution < 1.29 is 9.47 Å². The van der Waals surface area contributed by atoms with E-state index in [-0.39, 0.29) is 17.5 Å². The predicted octanol–water partition coefficient (Wildman–Crippen LogP) is 3.39. The molecule has 6 unspecified atom stereocenters. The monoisotopic (exact) mass is 356 g/mol. The fraction of sp³-hybridized carbons (Fsp3) is 0.765. The zero-order valence-corrected chi connectivity index (χ0v) is 16.4. The largest absolute Gasteiger partial charge is 0.341 e. The van der Waals surface area contributed by atoms with Crippen molar-refractivity contribution in [3.8, 4) is 0 Å². The van der Waals surface area contributed by atoms with Gasteiger partial charge >= 0.3 is 0 Å². The average molecular weight is 356 g/mol. The Bertz CT molecular complexity index is 509. The number of ether oxygens (including phenoxy) is 2. The molecule has 0 spiro atoms. The summed E-state index contributed by atoms with van der Waals surface area (Å²) in [5, 5.41) is 4.59. The molecule has 130 valence electrons. The molecular formula is C17H29N2O2PS. The van der Waals surface area contributed by atoms with Crippen LogP contribution in [0.25, 0.3) is 0 Å². The topological polar surface area (TPSA) is 24.9 Å². The molecular weight excluding hydrogens is 327 g/mol. The number of rotatable bonds is 3. The molecule has 3 aliphatic rings. The third-order valence-corrected chi connectivity index (χ3v) is 5.53. The summed E-state index contributed by atoms with van der Waals surface area (Å²) in [7, 11) is 6.83. The molecule has 0 bridgehead atoms. The van der Waals surface area contributed by atoms with Crippen LogP contribution in [0.3, 0.4) is 0 Å². The molecule has 1 aliphatic carbocycles. The summed E-state index contributed by atoms with van der Waals surface area (Å²) in [5.41, 5.74) is 1.87. The van der Waals surface area contributed by atoms with Gasteiger partial charge in [0.05, 0.1) is 12.2 Å². The third-order valence-electron chi connectivity index (χ3n) is 4.92. The number of hydrogen-bond donors (Lipinski definition) is 1. The van der Waals surface area contributed by atoms with Crippen molar-refractivity contribution in [1.82, 2.24) is 10.0 Å². The normalized spacial score (nSPS) is 41.2. The maximum atomic E-state index is 6.20. The first-order valence-corrected chi connectivity index (χ1v) is 9.54. The summed E-state index contributed by atoms with van der Waals surface area (Å²) in [5.74, 6) is 0.483. The van der Waals surface area contributed by atoms with Crippen molar-refractivity contribution in [1.29, 1.82) is 0 Å². The first-order chi connectivity index (χ1) is 10.8. The smallest absolute Gasteiger partial charge is 0.179 e. The van der Waals surface area contributed by atoms with Crippen LogP contribution in [0.1, 0.15) is 39.0 Å². The van der Waals surface area contributed by atoms with E-state index in [2.05, 4.69) is 58.6 Å². The van der Waals surface area contributed by atoms with Crippen LogP contribution in [0, 0.1) is 5.92 Å². The van der Waals surface area contributed by atoms with Crippen LogP contribution >= 0.6 is 21.9 Å². The lowest BCUT2D eigenvalue weighted by Crippen LogP contribution is -2.41. The third kappa shape index (κ3) is 3.80. The zero-order chi connectivity index (χ0) is 16.8. The van der Waals surface area contributed by atoms with Crippen molar-refractivity contribution in [3.05, 3.63) is 24.0 Å². The van der Waals surface area contributed by atoms with E-state index in [1.165, 1.54) is 18.5 Å². The number of hydrogen-bond acceptors (Lipinski definition) is 5. The second kappa shape index (κ2) is 6.68. The van der Waals surface area contributed by atoms with Crippen molar-refractivity contribution in [2.24, 2.45) is 5.92 Å². The fourth-order valence-corrected chi connectivity index (χ4v) is 4.89. The Kier molecular flexibility index (Phi) is 5.16. The summed E-state index contributed by atoms with van der Waals surface area (Å²) in [6.45, 7) is 6.23. The van der Waals surface area contributed by atoms with Crippen molar-refractivity contribution in [2.45, 2.75) is 62.0 Å². The Morgan fingerprint density at radius 3 is 2.87 bits per heavy atom. The van der Waals surface area contributed by atoms with Gasteiger partial charge in [-0.1, -0.05) is 28.3 Å². The van der Waals surface area contributed by atoms with E-state index in [0.717, 1.165) is 25.0 Å². The fourth-order valence-electron chi connectivity index (χ4n) is 4.17. The van der Waals surface area contributed by atoms with Gasteiger partial charge < -0.3 is 9.47 Å². The van der Waals surface area contributed by atoms with Gasteiger partial charge in [-0.15, -0.1) is 0 Å². The molecule has 0 aromatic heterocycles. The van der Waals surface area contributed by atoms with Gasteiger partial charge in [-0.25, -0.2) is 5.01 Å². The molecule has 2 heterocycles. The van der Waals surface area contributed by atoms with Gasteiger partial charge in [0, 0.05) is 37.2 Å². The molecule has 1 saturated carbocycles. The van der Waals surface area contributed by atoms with Crippen LogP contribution in [0.15, 0.2) is 24.0 Å². The number of thiol groups is 1. The highest BCUT2D eigenvalue weighted by atomic mass is 32.1. The van der Waals surface area contributed by atoms with E-state index in [1.807, 2.05) is 6.92 Å². The summed E-state index contributed by atoms with van der Waals surface area (Å²) in [6.07, 6.45) is 8.06. The minimum atomic E-state index is -0.532. The number of allylic oxidation sites excluding steroid dienone is 2. The van der Waals surface area contributed by atoms with Gasteiger partial charge in [-0.3, -0.25) is 5.01 Å².